The summed E-state index contributed by atoms with van der Waals surface area (Å²) in [5.74, 6) is 0.0920. The molecule has 6 nitrogen and oxygen atoms in total. The standard InChI is InChI=1S/C17H22N4O2S2/c1-3-5-6-14(22)19-16-20-21-17(25-16)24-11-15(23)18-13-9-7-12(4-2)8-10-13/h7-10H,3-6,11H2,1-2H3,(H,18,23)(H,19,20,22). The van der Waals surface area contributed by atoms with E-state index in [4.69, 9.17) is 0 Å². The molecule has 0 atom stereocenters. The number of benzene rings is 1. The van der Waals surface area contributed by atoms with Crippen LogP contribution in [0.15, 0.2) is 28.6 Å². The van der Waals surface area contributed by atoms with Gasteiger partial charge in [0, 0.05) is 12.1 Å². The molecule has 0 unspecified atom stereocenters. The van der Waals surface area contributed by atoms with Gasteiger partial charge < -0.3 is 10.6 Å². The lowest BCUT2D eigenvalue weighted by Crippen LogP contribution is -2.13. The monoisotopic (exact) mass is 378 g/mol. The number of hydrogen-bond donors (Lipinski definition) is 2. The highest BCUT2D eigenvalue weighted by molar-refractivity contribution is 8.01. The lowest BCUT2D eigenvalue weighted by molar-refractivity contribution is -0.116. The first-order valence-electron chi connectivity index (χ1n) is 8.25. The molecule has 2 N–H and O–H groups in total. The van der Waals surface area contributed by atoms with Gasteiger partial charge in [-0.1, -0.05) is 55.5 Å². The van der Waals surface area contributed by atoms with Crippen molar-refractivity contribution in [3.05, 3.63) is 29.8 Å². The van der Waals surface area contributed by atoms with Crippen molar-refractivity contribution in [2.45, 2.75) is 43.9 Å². The number of nitrogens with zero attached hydrogens (tertiary/aromatic N) is 2. The Balaban J connectivity index is 1.76. The SMILES string of the molecule is CCCCC(=O)Nc1nnc(SCC(=O)Nc2ccc(CC)cc2)s1. The minimum atomic E-state index is -0.0991. The van der Waals surface area contributed by atoms with Crippen molar-refractivity contribution in [3.8, 4) is 0 Å². The fraction of sp³-hybridized carbons (Fsp3) is 0.412. The highest BCUT2D eigenvalue weighted by atomic mass is 32.2. The third-order valence-electron chi connectivity index (χ3n) is 3.38. The summed E-state index contributed by atoms with van der Waals surface area (Å²) in [6, 6.07) is 7.80. The summed E-state index contributed by atoms with van der Waals surface area (Å²) in [7, 11) is 0. The summed E-state index contributed by atoms with van der Waals surface area (Å²) in [6.07, 6.45) is 3.28. The number of thioether (sulfide) groups is 1. The maximum Gasteiger partial charge on any atom is 0.234 e. The highest BCUT2D eigenvalue weighted by Gasteiger charge is 2.10. The first kappa shape index (κ1) is 19.4. The minimum Gasteiger partial charge on any atom is -0.325 e. The zero-order valence-corrected chi connectivity index (χ0v) is 16.0. The Kier molecular flexibility index (Phi) is 7.87. The van der Waals surface area contributed by atoms with E-state index in [1.807, 2.05) is 31.2 Å². The van der Waals surface area contributed by atoms with Gasteiger partial charge in [-0.05, 0) is 30.5 Å². The molecular weight excluding hydrogens is 356 g/mol. The van der Waals surface area contributed by atoms with Gasteiger partial charge in [0.15, 0.2) is 4.34 Å². The first-order chi connectivity index (χ1) is 12.1. The average Bonchev–Trinajstić information content (AvgIpc) is 3.06. The molecule has 2 rings (SSSR count). The summed E-state index contributed by atoms with van der Waals surface area (Å²) < 4.78 is 0.655. The van der Waals surface area contributed by atoms with Crippen LogP contribution >= 0.6 is 23.1 Å². The maximum absolute atomic E-state index is 12.0. The lowest BCUT2D eigenvalue weighted by Gasteiger charge is -2.05. The summed E-state index contributed by atoms with van der Waals surface area (Å²) in [6.45, 7) is 4.13. The molecule has 134 valence electrons. The zero-order chi connectivity index (χ0) is 18.1. The molecule has 2 aromatic rings. The average molecular weight is 379 g/mol. The predicted octanol–water partition coefficient (Wildman–Crippen LogP) is 3.96. The van der Waals surface area contributed by atoms with Crippen LogP contribution in [0.5, 0.6) is 0 Å². The molecule has 0 aliphatic carbocycles. The van der Waals surface area contributed by atoms with E-state index >= 15 is 0 Å². The van der Waals surface area contributed by atoms with Crippen LogP contribution < -0.4 is 10.6 Å². The van der Waals surface area contributed by atoms with Crippen LogP contribution in [0.25, 0.3) is 0 Å². The number of carbonyl (C=O) groups excluding carboxylic acids is 2. The molecule has 25 heavy (non-hydrogen) atoms. The Hall–Kier alpha value is -1.93. The van der Waals surface area contributed by atoms with Gasteiger partial charge in [-0.2, -0.15) is 0 Å². The maximum atomic E-state index is 12.0. The van der Waals surface area contributed by atoms with Gasteiger partial charge in [-0.3, -0.25) is 9.59 Å². The van der Waals surface area contributed by atoms with Crippen molar-refractivity contribution in [1.82, 2.24) is 10.2 Å². The largest absolute Gasteiger partial charge is 0.325 e. The molecule has 0 saturated carbocycles. The molecule has 0 bridgehead atoms. The van der Waals surface area contributed by atoms with Crippen LogP contribution in [0.4, 0.5) is 10.8 Å². The van der Waals surface area contributed by atoms with Crippen molar-refractivity contribution in [1.29, 1.82) is 0 Å². The Morgan fingerprint density at radius 1 is 1.08 bits per heavy atom. The van der Waals surface area contributed by atoms with Gasteiger partial charge in [0.25, 0.3) is 0 Å². The summed E-state index contributed by atoms with van der Waals surface area (Å²) in [5.41, 5.74) is 2.01. The smallest absolute Gasteiger partial charge is 0.234 e. The molecule has 0 aliphatic heterocycles. The number of amides is 2. The molecule has 0 aliphatic rings. The Labute approximate surface area is 155 Å². The molecule has 0 fully saturated rings. The van der Waals surface area contributed by atoms with Crippen LogP contribution in [0.3, 0.4) is 0 Å². The number of unbranched alkanes of at least 4 members (excludes halogenated alkanes) is 1. The predicted molar refractivity (Wildman–Crippen MR) is 103 cm³/mol. The third kappa shape index (κ3) is 6.83. The van der Waals surface area contributed by atoms with E-state index in [0.717, 1.165) is 24.9 Å². The van der Waals surface area contributed by atoms with Gasteiger partial charge >= 0.3 is 0 Å². The summed E-state index contributed by atoms with van der Waals surface area (Å²) >= 11 is 2.58. The topological polar surface area (TPSA) is 84.0 Å². The Morgan fingerprint density at radius 2 is 1.84 bits per heavy atom. The molecule has 1 aromatic heterocycles. The third-order valence-corrected chi connectivity index (χ3v) is 5.35. The van der Waals surface area contributed by atoms with E-state index < -0.39 is 0 Å². The van der Waals surface area contributed by atoms with E-state index in [-0.39, 0.29) is 17.6 Å². The fourth-order valence-corrected chi connectivity index (χ4v) is 3.55. The quantitative estimate of drug-likeness (QED) is 0.510. The highest BCUT2D eigenvalue weighted by Crippen LogP contribution is 2.25. The number of aryl methyl sites for hydroxylation is 1. The molecular formula is C17H22N4O2S2. The lowest BCUT2D eigenvalue weighted by atomic mass is 10.1. The zero-order valence-electron chi connectivity index (χ0n) is 14.4. The van der Waals surface area contributed by atoms with Crippen molar-refractivity contribution in [2.24, 2.45) is 0 Å². The number of nitrogens with one attached hydrogen (secondary N) is 2. The Morgan fingerprint density at radius 3 is 2.52 bits per heavy atom. The second-order valence-corrected chi connectivity index (χ2v) is 7.61. The number of hydrogen-bond acceptors (Lipinski definition) is 6. The van der Waals surface area contributed by atoms with Gasteiger partial charge in [-0.25, -0.2) is 0 Å². The minimum absolute atomic E-state index is 0.0529. The van der Waals surface area contributed by atoms with Gasteiger partial charge in [0.2, 0.25) is 16.9 Å². The normalized spacial score (nSPS) is 10.5. The van der Waals surface area contributed by atoms with Crippen molar-refractivity contribution in [2.75, 3.05) is 16.4 Å². The molecule has 1 heterocycles. The molecule has 0 spiro atoms. The molecule has 2 amide bonds. The number of rotatable bonds is 9. The van der Waals surface area contributed by atoms with Gasteiger partial charge in [0.05, 0.1) is 5.75 Å². The van der Waals surface area contributed by atoms with Gasteiger partial charge in [-0.15, -0.1) is 10.2 Å². The number of anilines is 2. The second kappa shape index (κ2) is 10.1. The number of aromatic nitrogens is 2. The van der Waals surface area contributed by atoms with Crippen LogP contribution in [0.2, 0.25) is 0 Å². The van der Waals surface area contributed by atoms with Crippen LogP contribution in [-0.4, -0.2) is 27.8 Å². The fourth-order valence-electron chi connectivity index (χ4n) is 1.99. The van der Waals surface area contributed by atoms with Crippen LogP contribution in [-0.2, 0) is 16.0 Å². The van der Waals surface area contributed by atoms with Crippen molar-refractivity contribution in [3.63, 3.8) is 0 Å². The molecule has 0 radical (unpaired) electrons. The van der Waals surface area contributed by atoms with Crippen molar-refractivity contribution < 1.29 is 9.59 Å². The van der Waals surface area contributed by atoms with Gasteiger partial charge in [0.1, 0.15) is 0 Å². The van der Waals surface area contributed by atoms with Crippen molar-refractivity contribution >= 4 is 45.7 Å². The van der Waals surface area contributed by atoms with Crippen LogP contribution in [0.1, 0.15) is 38.7 Å². The summed E-state index contributed by atoms with van der Waals surface area (Å²) in [5, 5.41) is 14.0. The van der Waals surface area contributed by atoms with E-state index in [1.54, 1.807) is 0 Å². The van der Waals surface area contributed by atoms with Crippen LogP contribution in [0, 0.1) is 0 Å². The van der Waals surface area contributed by atoms with E-state index in [9.17, 15) is 9.59 Å². The second-order valence-electron chi connectivity index (χ2n) is 5.41. The summed E-state index contributed by atoms with van der Waals surface area (Å²) in [4.78, 5) is 23.7. The van der Waals surface area contributed by atoms with E-state index in [1.165, 1.54) is 28.7 Å². The molecule has 1 aromatic carbocycles. The Bertz CT molecular complexity index is 701. The first-order valence-corrected chi connectivity index (χ1v) is 10.1. The number of carbonyl (C=O) groups is 2. The van der Waals surface area contributed by atoms with E-state index in [2.05, 4.69) is 27.8 Å². The molecule has 0 saturated heterocycles. The van der Waals surface area contributed by atoms with E-state index in [0.29, 0.717) is 15.9 Å². The molecule has 8 heteroatoms.